The van der Waals surface area contributed by atoms with E-state index < -0.39 is 15.8 Å². The molecule has 1 fully saturated rings. The number of pyridine rings is 1. The van der Waals surface area contributed by atoms with Crippen LogP contribution in [0.25, 0.3) is 0 Å². The molecule has 1 saturated heterocycles. The molecule has 0 atom stereocenters. The van der Waals surface area contributed by atoms with Gasteiger partial charge in [-0.2, -0.15) is 4.31 Å². The van der Waals surface area contributed by atoms with Crippen LogP contribution < -0.4 is 0 Å². The Morgan fingerprint density at radius 2 is 2.05 bits per heavy atom. The Morgan fingerprint density at radius 1 is 1.40 bits per heavy atom. The molecule has 0 bridgehead atoms. The molecule has 1 aromatic heterocycles. The van der Waals surface area contributed by atoms with E-state index in [2.05, 4.69) is 9.72 Å². The molecule has 1 aromatic rings. The molecule has 0 N–H and O–H groups in total. The molecule has 1 aliphatic rings. The Balaban J connectivity index is 2.11. The summed E-state index contributed by atoms with van der Waals surface area (Å²) in [7, 11) is -2.45. The smallest absolute Gasteiger partial charge is 0.308 e. The molecule has 1 aliphatic heterocycles. The van der Waals surface area contributed by atoms with Gasteiger partial charge in [0.1, 0.15) is 10.7 Å². The fourth-order valence-electron chi connectivity index (χ4n) is 2.18. The van der Waals surface area contributed by atoms with E-state index in [4.69, 9.17) is 0 Å². The molecule has 0 radical (unpaired) electrons. The van der Waals surface area contributed by atoms with Crippen molar-refractivity contribution in [2.45, 2.75) is 17.7 Å². The van der Waals surface area contributed by atoms with E-state index in [0.29, 0.717) is 12.8 Å². The van der Waals surface area contributed by atoms with Crippen LogP contribution in [0.2, 0.25) is 0 Å². The number of methoxy groups -OCH3 is 1. The summed E-state index contributed by atoms with van der Waals surface area (Å²) in [4.78, 5) is 14.8. The SMILES string of the molecule is COC(=O)C1CCN(S(=O)(=O)c2cncc(F)c2)CC1. The highest BCUT2D eigenvalue weighted by Crippen LogP contribution is 2.24. The number of esters is 1. The number of sulfonamides is 1. The lowest BCUT2D eigenvalue weighted by molar-refractivity contribution is -0.146. The minimum atomic E-state index is -3.76. The molecule has 0 amide bonds. The van der Waals surface area contributed by atoms with Crippen LogP contribution in [0.1, 0.15) is 12.8 Å². The molecule has 0 aromatic carbocycles. The number of carbonyl (C=O) groups is 1. The normalized spacial score (nSPS) is 17.9. The predicted octanol–water partition coefficient (Wildman–Crippen LogP) is 0.794. The predicted molar refractivity (Wildman–Crippen MR) is 67.7 cm³/mol. The third kappa shape index (κ3) is 2.96. The highest BCUT2D eigenvalue weighted by Gasteiger charge is 2.32. The lowest BCUT2D eigenvalue weighted by Crippen LogP contribution is -2.40. The number of hydrogen-bond donors (Lipinski definition) is 0. The van der Waals surface area contributed by atoms with Gasteiger partial charge >= 0.3 is 5.97 Å². The Labute approximate surface area is 116 Å². The van der Waals surface area contributed by atoms with Gasteiger partial charge in [0.25, 0.3) is 0 Å². The molecule has 0 spiro atoms. The van der Waals surface area contributed by atoms with E-state index in [1.807, 2.05) is 0 Å². The van der Waals surface area contributed by atoms with Crippen molar-refractivity contribution in [1.82, 2.24) is 9.29 Å². The van der Waals surface area contributed by atoms with Crippen molar-refractivity contribution in [3.63, 3.8) is 0 Å². The molecule has 2 heterocycles. The molecule has 0 saturated carbocycles. The van der Waals surface area contributed by atoms with Crippen molar-refractivity contribution in [3.8, 4) is 0 Å². The highest BCUT2D eigenvalue weighted by atomic mass is 32.2. The first-order chi connectivity index (χ1) is 9.45. The van der Waals surface area contributed by atoms with Crippen LogP contribution in [0.15, 0.2) is 23.4 Å². The van der Waals surface area contributed by atoms with Crippen LogP contribution in [0.4, 0.5) is 4.39 Å². The third-order valence-electron chi connectivity index (χ3n) is 3.31. The first-order valence-corrected chi connectivity index (χ1v) is 7.57. The second-order valence-electron chi connectivity index (χ2n) is 4.54. The van der Waals surface area contributed by atoms with Gasteiger partial charge < -0.3 is 4.74 Å². The maximum Gasteiger partial charge on any atom is 0.308 e. The van der Waals surface area contributed by atoms with Crippen LogP contribution in [0, 0.1) is 11.7 Å². The molecule has 110 valence electrons. The van der Waals surface area contributed by atoms with E-state index in [1.165, 1.54) is 11.4 Å². The van der Waals surface area contributed by atoms with Gasteiger partial charge in [-0.15, -0.1) is 0 Å². The maximum absolute atomic E-state index is 13.1. The number of ether oxygens (including phenoxy) is 1. The zero-order chi connectivity index (χ0) is 14.8. The standard InChI is InChI=1S/C12H15FN2O4S/c1-19-12(16)9-2-4-15(5-3-9)20(17,18)11-6-10(13)7-14-8-11/h6-9H,2-5H2,1H3. The number of hydrogen-bond acceptors (Lipinski definition) is 5. The Hall–Kier alpha value is -1.54. The van der Waals surface area contributed by atoms with E-state index in [9.17, 15) is 17.6 Å². The maximum atomic E-state index is 13.1. The average Bonchev–Trinajstić information content (AvgIpc) is 2.46. The number of carbonyl (C=O) groups excluding carboxylic acids is 1. The van der Waals surface area contributed by atoms with E-state index >= 15 is 0 Å². The van der Waals surface area contributed by atoms with Crippen LogP contribution in [-0.4, -0.2) is 43.9 Å². The Kier molecular flexibility index (Phi) is 4.34. The average molecular weight is 302 g/mol. The lowest BCUT2D eigenvalue weighted by atomic mass is 9.99. The summed E-state index contributed by atoms with van der Waals surface area (Å²) in [6.07, 6.45) is 2.86. The lowest BCUT2D eigenvalue weighted by Gasteiger charge is -2.29. The van der Waals surface area contributed by atoms with Crippen molar-refractivity contribution in [1.29, 1.82) is 0 Å². The Morgan fingerprint density at radius 3 is 2.60 bits per heavy atom. The van der Waals surface area contributed by atoms with E-state index in [-0.39, 0.29) is 29.9 Å². The topological polar surface area (TPSA) is 76.6 Å². The van der Waals surface area contributed by atoms with Gasteiger partial charge in [-0.3, -0.25) is 9.78 Å². The fraction of sp³-hybridized carbons (Fsp3) is 0.500. The summed E-state index contributed by atoms with van der Waals surface area (Å²) >= 11 is 0. The zero-order valence-corrected chi connectivity index (χ0v) is 11.8. The molecule has 2 rings (SSSR count). The summed E-state index contributed by atoms with van der Waals surface area (Å²) in [5.74, 6) is -1.30. The first-order valence-electron chi connectivity index (χ1n) is 6.13. The number of aromatic nitrogens is 1. The van der Waals surface area contributed by atoms with Gasteiger partial charge in [-0.1, -0.05) is 0 Å². The quantitative estimate of drug-likeness (QED) is 0.772. The van der Waals surface area contributed by atoms with Gasteiger partial charge in [0.15, 0.2) is 0 Å². The largest absolute Gasteiger partial charge is 0.469 e. The Bertz CT molecular complexity index is 597. The monoisotopic (exact) mass is 302 g/mol. The summed E-state index contributed by atoms with van der Waals surface area (Å²) in [6.45, 7) is 0.414. The van der Waals surface area contributed by atoms with Crippen molar-refractivity contribution in [3.05, 3.63) is 24.3 Å². The van der Waals surface area contributed by atoms with Crippen LogP contribution in [-0.2, 0) is 19.6 Å². The molecular formula is C12H15FN2O4S. The second kappa shape index (κ2) is 5.84. The van der Waals surface area contributed by atoms with Gasteiger partial charge in [0.05, 0.1) is 19.2 Å². The van der Waals surface area contributed by atoms with Gasteiger partial charge in [-0.25, -0.2) is 12.8 Å². The number of piperidine rings is 1. The first kappa shape index (κ1) is 14.9. The zero-order valence-electron chi connectivity index (χ0n) is 11.0. The number of nitrogens with zero attached hydrogens (tertiary/aromatic N) is 2. The van der Waals surface area contributed by atoms with Crippen molar-refractivity contribution < 1.29 is 22.3 Å². The fourth-order valence-corrected chi connectivity index (χ4v) is 3.63. The molecule has 0 aliphatic carbocycles. The van der Waals surface area contributed by atoms with Crippen molar-refractivity contribution in [2.75, 3.05) is 20.2 Å². The molecule has 8 heteroatoms. The number of rotatable bonds is 3. The van der Waals surface area contributed by atoms with Gasteiger partial charge in [0, 0.05) is 19.3 Å². The minimum absolute atomic E-state index is 0.172. The van der Waals surface area contributed by atoms with Crippen LogP contribution >= 0.6 is 0 Å². The summed E-state index contributed by atoms with van der Waals surface area (Å²) in [6, 6.07) is 0.939. The molecular weight excluding hydrogens is 287 g/mol. The summed E-state index contributed by atoms with van der Waals surface area (Å²) in [5.41, 5.74) is 0. The summed E-state index contributed by atoms with van der Waals surface area (Å²) in [5, 5.41) is 0. The third-order valence-corrected chi connectivity index (χ3v) is 5.17. The molecule has 0 unspecified atom stereocenters. The van der Waals surface area contributed by atoms with E-state index in [1.54, 1.807) is 0 Å². The molecule has 20 heavy (non-hydrogen) atoms. The van der Waals surface area contributed by atoms with E-state index in [0.717, 1.165) is 18.5 Å². The number of halogens is 1. The van der Waals surface area contributed by atoms with Crippen LogP contribution in [0.3, 0.4) is 0 Å². The van der Waals surface area contributed by atoms with Crippen molar-refractivity contribution >= 4 is 16.0 Å². The highest BCUT2D eigenvalue weighted by molar-refractivity contribution is 7.89. The minimum Gasteiger partial charge on any atom is -0.469 e. The second-order valence-corrected chi connectivity index (χ2v) is 6.48. The van der Waals surface area contributed by atoms with Crippen LogP contribution in [0.5, 0.6) is 0 Å². The molecule has 6 nitrogen and oxygen atoms in total. The summed E-state index contributed by atoms with van der Waals surface area (Å²) < 4.78 is 43.5. The van der Waals surface area contributed by atoms with Gasteiger partial charge in [0.2, 0.25) is 10.0 Å². The van der Waals surface area contributed by atoms with Gasteiger partial charge in [-0.05, 0) is 18.9 Å². The van der Waals surface area contributed by atoms with Crippen molar-refractivity contribution in [2.24, 2.45) is 5.92 Å².